The molecule has 0 aliphatic carbocycles. The van der Waals surface area contributed by atoms with Crippen molar-refractivity contribution in [1.29, 1.82) is 0 Å². The zero-order valence-corrected chi connectivity index (χ0v) is 15.0. The molecule has 0 saturated carbocycles. The lowest BCUT2D eigenvalue weighted by molar-refractivity contribution is 0.115. The lowest BCUT2D eigenvalue weighted by Gasteiger charge is -2.32. The van der Waals surface area contributed by atoms with Crippen LogP contribution in [0.3, 0.4) is 0 Å². The monoisotopic (exact) mass is 326 g/mol. The van der Waals surface area contributed by atoms with Crippen LogP contribution in [0.1, 0.15) is 23.6 Å². The fourth-order valence-corrected chi connectivity index (χ4v) is 2.80. The third-order valence-electron chi connectivity index (χ3n) is 4.32. The van der Waals surface area contributed by atoms with Crippen LogP contribution in [0.5, 0.6) is 5.75 Å². The molecule has 0 N–H and O–H groups in total. The van der Waals surface area contributed by atoms with Crippen molar-refractivity contribution >= 4 is 0 Å². The van der Waals surface area contributed by atoms with Gasteiger partial charge in [0.1, 0.15) is 18.1 Å². The van der Waals surface area contributed by atoms with E-state index in [1.54, 1.807) is 14.2 Å². The summed E-state index contributed by atoms with van der Waals surface area (Å²) in [5, 5.41) is 0. The molecule has 0 aliphatic heterocycles. The van der Waals surface area contributed by atoms with E-state index in [1.807, 2.05) is 36.4 Å². The van der Waals surface area contributed by atoms with Gasteiger partial charge in [0.15, 0.2) is 0 Å². The van der Waals surface area contributed by atoms with Gasteiger partial charge in [0, 0.05) is 7.11 Å². The SMILES string of the molecule is C=C(OC)C(C)(COC)c1ccccc1COc1ccc(C)cc1. The third-order valence-corrected chi connectivity index (χ3v) is 4.32. The van der Waals surface area contributed by atoms with E-state index in [2.05, 4.69) is 32.6 Å². The average molecular weight is 326 g/mol. The Kier molecular flexibility index (Phi) is 6.04. The largest absolute Gasteiger partial charge is 0.501 e. The van der Waals surface area contributed by atoms with E-state index in [4.69, 9.17) is 14.2 Å². The van der Waals surface area contributed by atoms with Gasteiger partial charge in [-0.1, -0.05) is 48.5 Å². The van der Waals surface area contributed by atoms with Gasteiger partial charge in [0.25, 0.3) is 0 Å². The molecule has 1 unspecified atom stereocenters. The summed E-state index contributed by atoms with van der Waals surface area (Å²) in [6.07, 6.45) is 0. The molecule has 0 bridgehead atoms. The summed E-state index contributed by atoms with van der Waals surface area (Å²) in [6, 6.07) is 16.2. The Hall–Kier alpha value is -2.26. The second-order valence-corrected chi connectivity index (χ2v) is 6.15. The highest BCUT2D eigenvalue weighted by atomic mass is 16.5. The van der Waals surface area contributed by atoms with E-state index >= 15 is 0 Å². The van der Waals surface area contributed by atoms with Crippen LogP contribution >= 0.6 is 0 Å². The summed E-state index contributed by atoms with van der Waals surface area (Å²) >= 11 is 0. The zero-order chi connectivity index (χ0) is 17.6. The van der Waals surface area contributed by atoms with E-state index in [0.717, 1.165) is 16.9 Å². The molecule has 0 aliphatic rings. The first-order valence-electron chi connectivity index (χ1n) is 8.01. The number of benzene rings is 2. The smallest absolute Gasteiger partial charge is 0.119 e. The molecule has 24 heavy (non-hydrogen) atoms. The van der Waals surface area contributed by atoms with E-state index < -0.39 is 5.41 Å². The van der Waals surface area contributed by atoms with Crippen molar-refractivity contribution in [2.75, 3.05) is 20.8 Å². The Balaban J connectivity index is 2.28. The molecular formula is C21H26O3. The van der Waals surface area contributed by atoms with Crippen molar-refractivity contribution in [1.82, 2.24) is 0 Å². The van der Waals surface area contributed by atoms with Crippen molar-refractivity contribution in [3.05, 3.63) is 77.6 Å². The van der Waals surface area contributed by atoms with Gasteiger partial charge in [-0.3, -0.25) is 0 Å². The van der Waals surface area contributed by atoms with Gasteiger partial charge in [-0.05, 0) is 37.1 Å². The van der Waals surface area contributed by atoms with Gasteiger partial charge in [-0.15, -0.1) is 0 Å². The Morgan fingerprint density at radius 2 is 1.71 bits per heavy atom. The van der Waals surface area contributed by atoms with Crippen LogP contribution < -0.4 is 4.74 Å². The second kappa shape index (κ2) is 8.02. The van der Waals surface area contributed by atoms with Crippen LogP contribution in [0.15, 0.2) is 60.9 Å². The lowest BCUT2D eigenvalue weighted by Crippen LogP contribution is -2.32. The number of ether oxygens (including phenoxy) is 3. The summed E-state index contributed by atoms with van der Waals surface area (Å²) in [5.74, 6) is 1.53. The van der Waals surface area contributed by atoms with Gasteiger partial charge in [-0.25, -0.2) is 0 Å². The minimum absolute atomic E-state index is 0.434. The summed E-state index contributed by atoms with van der Waals surface area (Å²) in [7, 11) is 3.33. The maximum absolute atomic E-state index is 5.96. The molecule has 0 aromatic heterocycles. The maximum atomic E-state index is 5.96. The van der Waals surface area contributed by atoms with Gasteiger partial charge >= 0.3 is 0 Å². The average Bonchev–Trinajstić information content (AvgIpc) is 2.61. The normalized spacial score (nSPS) is 13.2. The van der Waals surface area contributed by atoms with E-state index in [9.17, 15) is 0 Å². The molecule has 0 saturated heterocycles. The molecule has 1 atom stereocenters. The first-order chi connectivity index (χ1) is 11.5. The summed E-state index contributed by atoms with van der Waals surface area (Å²) in [4.78, 5) is 0. The molecule has 3 heteroatoms. The molecule has 2 aromatic rings. The molecular weight excluding hydrogens is 300 g/mol. The standard InChI is InChI=1S/C21H26O3/c1-16-10-12-19(13-11-16)24-14-18-8-6-7-9-20(18)21(3,15-22-4)17(2)23-5/h6-13H,2,14-15H2,1,3-5H3. The van der Waals surface area contributed by atoms with Crippen LogP contribution in [0.25, 0.3) is 0 Å². The van der Waals surface area contributed by atoms with Crippen molar-refractivity contribution in [3.63, 3.8) is 0 Å². The number of hydrogen-bond donors (Lipinski definition) is 0. The van der Waals surface area contributed by atoms with Gasteiger partial charge < -0.3 is 14.2 Å². The van der Waals surface area contributed by atoms with Crippen LogP contribution in [-0.4, -0.2) is 20.8 Å². The first kappa shape index (κ1) is 18.1. The Bertz CT molecular complexity index is 676. The second-order valence-electron chi connectivity index (χ2n) is 6.15. The zero-order valence-electron chi connectivity index (χ0n) is 15.0. The first-order valence-corrected chi connectivity index (χ1v) is 8.01. The predicted octanol–water partition coefficient (Wildman–Crippen LogP) is 4.64. The quantitative estimate of drug-likeness (QED) is 0.662. The van der Waals surface area contributed by atoms with E-state index in [1.165, 1.54) is 5.56 Å². The van der Waals surface area contributed by atoms with Crippen molar-refractivity contribution in [3.8, 4) is 5.75 Å². The van der Waals surface area contributed by atoms with Crippen molar-refractivity contribution < 1.29 is 14.2 Å². The molecule has 128 valence electrons. The van der Waals surface area contributed by atoms with Crippen molar-refractivity contribution in [2.24, 2.45) is 0 Å². The molecule has 2 rings (SSSR count). The van der Waals surface area contributed by atoms with Crippen LogP contribution in [0.2, 0.25) is 0 Å². The van der Waals surface area contributed by atoms with Crippen LogP contribution in [0.4, 0.5) is 0 Å². The molecule has 0 radical (unpaired) electrons. The van der Waals surface area contributed by atoms with Gasteiger partial charge in [-0.2, -0.15) is 0 Å². The van der Waals surface area contributed by atoms with Crippen LogP contribution in [0, 0.1) is 6.92 Å². The highest BCUT2D eigenvalue weighted by Gasteiger charge is 2.33. The molecule has 0 amide bonds. The van der Waals surface area contributed by atoms with Gasteiger partial charge in [0.2, 0.25) is 0 Å². The Morgan fingerprint density at radius 1 is 1.04 bits per heavy atom. The fourth-order valence-electron chi connectivity index (χ4n) is 2.80. The molecule has 0 spiro atoms. The predicted molar refractivity (Wildman–Crippen MR) is 97.3 cm³/mol. The minimum atomic E-state index is -0.434. The fraction of sp³-hybridized carbons (Fsp3) is 0.333. The van der Waals surface area contributed by atoms with Gasteiger partial charge in [0.05, 0.1) is 19.1 Å². The number of methoxy groups -OCH3 is 2. The molecule has 3 nitrogen and oxygen atoms in total. The Morgan fingerprint density at radius 3 is 2.33 bits per heavy atom. The molecule has 0 fully saturated rings. The highest BCUT2D eigenvalue weighted by molar-refractivity contribution is 5.39. The summed E-state index contributed by atoms with van der Waals surface area (Å²) in [5.41, 5.74) is 2.98. The van der Waals surface area contributed by atoms with E-state index in [-0.39, 0.29) is 0 Å². The number of rotatable bonds is 8. The number of hydrogen-bond acceptors (Lipinski definition) is 3. The Labute approximate surface area is 144 Å². The maximum Gasteiger partial charge on any atom is 0.119 e. The lowest BCUT2D eigenvalue weighted by atomic mass is 9.79. The minimum Gasteiger partial charge on any atom is -0.501 e. The summed E-state index contributed by atoms with van der Waals surface area (Å²) in [6.45, 7) is 9.17. The number of aryl methyl sites for hydroxylation is 1. The van der Waals surface area contributed by atoms with Crippen LogP contribution in [-0.2, 0) is 21.5 Å². The summed E-state index contributed by atoms with van der Waals surface area (Å²) < 4.78 is 16.8. The van der Waals surface area contributed by atoms with Crippen molar-refractivity contribution in [2.45, 2.75) is 25.9 Å². The molecule has 2 aromatic carbocycles. The third kappa shape index (κ3) is 3.98. The van der Waals surface area contributed by atoms with E-state index in [0.29, 0.717) is 19.0 Å². The highest BCUT2D eigenvalue weighted by Crippen LogP contribution is 2.34. The molecule has 0 heterocycles. The topological polar surface area (TPSA) is 27.7 Å².